The molecular weight excluding hydrogens is 318 g/mol. The number of nitrogens with zero attached hydrogens (tertiary/aromatic N) is 1. The minimum Gasteiger partial charge on any atom is -0.378 e. The summed E-state index contributed by atoms with van der Waals surface area (Å²) in [6.45, 7) is 4.72. The molecular formula is C20H19NO2S. The number of thiophene rings is 1. The molecule has 0 radical (unpaired) electrons. The van der Waals surface area contributed by atoms with Crippen molar-refractivity contribution < 1.29 is 9.53 Å². The van der Waals surface area contributed by atoms with Crippen molar-refractivity contribution in [3.8, 4) is 11.1 Å². The molecule has 0 unspecified atom stereocenters. The first-order valence-electron chi connectivity index (χ1n) is 8.18. The van der Waals surface area contributed by atoms with E-state index in [0.717, 1.165) is 15.0 Å². The molecule has 1 amide bonds. The van der Waals surface area contributed by atoms with Gasteiger partial charge in [0.2, 0.25) is 0 Å². The second kappa shape index (κ2) is 6.38. The van der Waals surface area contributed by atoms with Crippen LogP contribution in [0.3, 0.4) is 0 Å². The van der Waals surface area contributed by atoms with Gasteiger partial charge in [-0.05, 0) is 41.6 Å². The number of benzene rings is 2. The molecule has 0 bridgehead atoms. The zero-order valence-corrected chi connectivity index (χ0v) is 14.4. The van der Waals surface area contributed by atoms with Crippen molar-refractivity contribution in [2.24, 2.45) is 0 Å². The van der Waals surface area contributed by atoms with Crippen molar-refractivity contribution >= 4 is 27.3 Å². The van der Waals surface area contributed by atoms with E-state index in [1.54, 1.807) is 11.3 Å². The van der Waals surface area contributed by atoms with Crippen LogP contribution in [0.4, 0.5) is 0 Å². The van der Waals surface area contributed by atoms with Crippen molar-refractivity contribution in [2.45, 2.75) is 6.92 Å². The van der Waals surface area contributed by atoms with Gasteiger partial charge in [0.1, 0.15) is 0 Å². The van der Waals surface area contributed by atoms with Crippen molar-refractivity contribution in [2.75, 3.05) is 26.3 Å². The number of hydrogen-bond acceptors (Lipinski definition) is 3. The number of aryl methyl sites for hydroxylation is 1. The third-order valence-corrected chi connectivity index (χ3v) is 5.51. The van der Waals surface area contributed by atoms with Crippen LogP contribution in [0.15, 0.2) is 48.5 Å². The van der Waals surface area contributed by atoms with Gasteiger partial charge in [-0.3, -0.25) is 4.79 Å². The minimum atomic E-state index is 0.122. The molecule has 122 valence electrons. The fourth-order valence-corrected chi connectivity index (χ4v) is 4.01. The number of amides is 1. The molecule has 4 heteroatoms. The standard InChI is InChI=1S/C20H19NO2S/c1-14-2-4-15(5-3-14)16-6-7-18-17(12-16)13-19(24-18)20(22)21-8-10-23-11-9-21/h2-7,12-13H,8-11H2,1H3. The second-order valence-corrected chi connectivity index (χ2v) is 7.22. The van der Waals surface area contributed by atoms with E-state index < -0.39 is 0 Å². The average molecular weight is 337 g/mol. The first-order valence-corrected chi connectivity index (χ1v) is 9.00. The Labute approximate surface area is 145 Å². The summed E-state index contributed by atoms with van der Waals surface area (Å²) in [6, 6.07) is 17.0. The Morgan fingerprint density at radius 3 is 2.46 bits per heavy atom. The molecule has 3 aromatic rings. The van der Waals surface area contributed by atoms with Gasteiger partial charge in [-0.2, -0.15) is 0 Å². The molecule has 2 heterocycles. The second-order valence-electron chi connectivity index (χ2n) is 6.13. The Morgan fingerprint density at radius 2 is 1.71 bits per heavy atom. The van der Waals surface area contributed by atoms with Crippen LogP contribution in [0.1, 0.15) is 15.2 Å². The summed E-state index contributed by atoms with van der Waals surface area (Å²) in [5.74, 6) is 0.122. The molecule has 1 fully saturated rings. The topological polar surface area (TPSA) is 29.5 Å². The highest BCUT2D eigenvalue weighted by molar-refractivity contribution is 7.20. The molecule has 0 aliphatic carbocycles. The van der Waals surface area contributed by atoms with Gasteiger partial charge in [0, 0.05) is 17.8 Å². The highest BCUT2D eigenvalue weighted by atomic mass is 32.1. The van der Waals surface area contributed by atoms with Crippen LogP contribution in [0, 0.1) is 6.92 Å². The molecule has 4 rings (SSSR count). The molecule has 0 atom stereocenters. The Bertz CT molecular complexity index is 876. The largest absolute Gasteiger partial charge is 0.378 e. The average Bonchev–Trinajstić information content (AvgIpc) is 3.05. The summed E-state index contributed by atoms with van der Waals surface area (Å²) >= 11 is 1.57. The highest BCUT2D eigenvalue weighted by Gasteiger charge is 2.20. The number of rotatable bonds is 2. The van der Waals surface area contributed by atoms with Crippen LogP contribution >= 0.6 is 11.3 Å². The van der Waals surface area contributed by atoms with Crippen LogP contribution in [0.2, 0.25) is 0 Å². The van der Waals surface area contributed by atoms with Crippen molar-refractivity contribution in [1.29, 1.82) is 0 Å². The predicted molar refractivity (Wildman–Crippen MR) is 98.7 cm³/mol. The fourth-order valence-electron chi connectivity index (χ4n) is 3.00. The molecule has 1 saturated heterocycles. The van der Waals surface area contributed by atoms with E-state index in [9.17, 15) is 4.79 Å². The van der Waals surface area contributed by atoms with E-state index in [4.69, 9.17) is 4.74 Å². The quantitative estimate of drug-likeness (QED) is 0.696. The third-order valence-electron chi connectivity index (χ3n) is 4.41. The van der Waals surface area contributed by atoms with Gasteiger partial charge in [-0.15, -0.1) is 11.3 Å². The zero-order valence-electron chi connectivity index (χ0n) is 13.6. The Balaban J connectivity index is 1.65. The predicted octanol–water partition coefficient (Wildman–Crippen LogP) is 4.35. The first-order chi connectivity index (χ1) is 11.7. The van der Waals surface area contributed by atoms with Crippen LogP contribution in [0.5, 0.6) is 0 Å². The van der Waals surface area contributed by atoms with Gasteiger partial charge in [0.05, 0.1) is 18.1 Å². The van der Waals surface area contributed by atoms with Crippen LogP contribution < -0.4 is 0 Å². The summed E-state index contributed by atoms with van der Waals surface area (Å²) in [4.78, 5) is 15.3. The van der Waals surface area contributed by atoms with Gasteiger partial charge in [-0.25, -0.2) is 0 Å². The maximum absolute atomic E-state index is 12.6. The zero-order chi connectivity index (χ0) is 16.5. The molecule has 24 heavy (non-hydrogen) atoms. The Morgan fingerprint density at radius 1 is 1.00 bits per heavy atom. The monoisotopic (exact) mass is 337 g/mol. The lowest BCUT2D eigenvalue weighted by molar-refractivity contribution is 0.0306. The van der Waals surface area contributed by atoms with Crippen molar-refractivity contribution in [1.82, 2.24) is 4.90 Å². The normalized spacial score (nSPS) is 15.0. The van der Waals surface area contributed by atoms with Crippen LogP contribution in [0.25, 0.3) is 21.2 Å². The lowest BCUT2D eigenvalue weighted by Crippen LogP contribution is -2.40. The minimum absolute atomic E-state index is 0.122. The van der Waals surface area contributed by atoms with Crippen molar-refractivity contribution in [3.05, 3.63) is 59.0 Å². The molecule has 1 aromatic heterocycles. The molecule has 0 saturated carbocycles. The van der Waals surface area contributed by atoms with Crippen LogP contribution in [-0.4, -0.2) is 37.1 Å². The van der Waals surface area contributed by atoms with E-state index >= 15 is 0 Å². The van der Waals surface area contributed by atoms with Gasteiger partial charge < -0.3 is 9.64 Å². The lowest BCUT2D eigenvalue weighted by atomic mass is 10.0. The summed E-state index contributed by atoms with van der Waals surface area (Å²) in [7, 11) is 0. The Hall–Kier alpha value is -2.17. The summed E-state index contributed by atoms with van der Waals surface area (Å²) in [5, 5.41) is 1.13. The van der Waals surface area contributed by atoms with E-state index in [2.05, 4.69) is 49.4 Å². The number of fused-ring (bicyclic) bond motifs is 1. The van der Waals surface area contributed by atoms with Crippen LogP contribution in [-0.2, 0) is 4.74 Å². The molecule has 0 spiro atoms. The summed E-state index contributed by atoms with van der Waals surface area (Å²) in [5.41, 5.74) is 3.65. The van der Waals surface area contributed by atoms with E-state index in [0.29, 0.717) is 26.3 Å². The fraction of sp³-hybridized carbons (Fsp3) is 0.250. The highest BCUT2D eigenvalue weighted by Crippen LogP contribution is 2.31. The third kappa shape index (κ3) is 2.95. The SMILES string of the molecule is Cc1ccc(-c2ccc3sc(C(=O)N4CCOCC4)cc3c2)cc1. The van der Waals surface area contributed by atoms with Crippen molar-refractivity contribution in [3.63, 3.8) is 0 Å². The maximum atomic E-state index is 12.6. The van der Waals surface area contributed by atoms with Gasteiger partial charge in [-0.1, -0.05) is 35.9 Å². The van der Waals surface area contributed by atoms with E-state index in [-0.39, 0.29) is 5.91 Å². The van der Waals surface area contributed by atoms with E-state index in [1.807, 2.05) is 11.0 Å². The number of carbonyl (C=O) groups excluding carboxylic acids is 1. The van der Waals surface area contributed by atoms with E-state index in [1.165, 1.54) is 16.7 Å². The van der Waals surface area contributed by atoms with Gasteiger partial charge in [0.15, 0.2) is 0 Å². The summed E-state index contributed by atoms with van der Waals surface area (Å²) < 4.78 is 6.48. The molecule has 2 aromatic carbocycles. The molecule has 1 aliphatic rings. The molecule has 3 nitrogen and oxygen atoms in total. The lowest BCUT2D eigenvalue weighted by Gasteiger charge is -2.26. The molecule has 1 aliphatic heterocycles. The number of ether oxygens (including phenoxy) is 1. The molecule has 0 N–H and O–H groups in total. The number of carbonyl (C=O) groups is 1. The first kappa shape index (κ1) is 15.4. The number of hydrogen-bond donors (Lipinski definition) is 0. The Kier molecular flexibility index (Phi) is 4.08. The summed E-state index contributed by atoms with van der Waals surface area (Å²) in [6.07, 6.45) is 0. The van der Waals surface area contributed by atoms with Gasteiger partial charge in [0.25, 0.3) is 5.91 Å². The van der Waals surface area contributed by atoms with Gasteiger partial charge >= 0.3 is 0 Å². The number of morpholine rings is 1. The smallest absolute Gasteiger partial charge is 0.264 e. The maximum Gasteiger partial charge on any atom is 0.264 e.